The van der Waals surface area contributed by atoms with Crippen LogP contribution in [0.15, 0.2) is 24.3 Å². The van der Waals surface area contributed by atoms with Crippen molar-refractivity contribution in [3.05, 3.63) is 41.2 Å². The lowest BCUT2D eigenvalue weighted by Gasteiger charge is -2.12. The summed E-state index contributed by atoms with van der Waals surface area (Å²) >= 11 is 0. The Labute approximate surface area is 107 Å². The minimum atomic E-state index is -4.69. The summed E-state index contributed by atoms with van der Waals surface area (Å²) in [6, 6.07) is 7.99. The SMILES string of the molecule is CCc1ccccc1-n1nnc(C#N)c1C(F)(F)F. The van der Waals surface area contributed by atoms with Crippen molar-refractivity contribution in [2.75, 3.05) is 0 Å². The van der Waals surface area contributed by atoms with Crippen LogP contribution >= 0.6 is 0 Å². The third-order valence-electron chi connectivity index (χ3n) is 2.65. The van der Waals surface area contributed by atoms with Crippen molar-refractivity contribution in [1.29, 1.82) is 5.26 Å². The summed E-state index contributed by atoms with van der Waals surface area (Å²) in [5, 5.41) is 15.4. The second-order valence-corrected chi connectivity index (χ2v) is 3.79. The van der Waals surface area contributed by atoms with Gasteiger partial charge in [0.25, 0.3) is 0 Å². The molecule has 0 aliphatic rings. The van der Waals surface area contributed by atoms with Crippen LogP contribution in [0.3, 0.4) is 0 Å². The first-order chi connectivity index (χ1) is 8.99. The first-order valence-corrected chi connectivity index (χ1v) is 5.50. The maximum atomic E-state index is 13.0. The number of nitrogens with zero attached hydrogens (tertiary/aromatic N) is 4. The fraction of sp³-hybridized carbons (Fsp3) is 0.250. The van der Waals surface area contributed by atoms with Crippen molar-refractivity contribution in [3.8, 4) is 11.8 Å². The molecule has 0 amide bonds. The van der Waals surface area contributed by atoms with E-state index in [9.17, 15) is 13.2 Å². The highest BCUT2D eigenvalue weighted by molar-refractivity contribution is 5.43. The fourth-order valence-electron chi connectivity index (χ4n) is 1.80. The molecule has 1 aromatic heterocycles. The molecule has 7 heteroatoms. The van der Waals surface area contributed by atoms with Gasteiger partial charge >= 0.3 is 6.18 Å². The van der Waals surface area contributed by atoms with Gasteiger partial charge in [0.2, 0.25) is 0 Å². The zero-order valence-electron chi connectivity index (χ0n) is 9.94. The summed E-state index contributed by atoms with van der Waals surface area (Å²) in [7, 11) is 0. The van der Waals surface area contributed by atoms with Gasteiger partial charge in [0.1, 0.15) is 6.07 Å². The Morgan fingerprint density at radius 2 is 2.00 bits per heavy atom. The van der Waals surface area contributed by atoms with E-state index in [1.807, 2.05) is 6.92 Å². The lowest BCUT2D eigenvalue weighted by atomic mass is 10.1. The molecule has 19 heavy (non-hydrogen) atoms. The van der Waals surface area contributed by atoms with Gasteiger partial charge in [-0.05, 0) is 18.1 Å². The molecule has 0 spiro atoms. The molecular formula is C12H9F3N4. The van der Waals surface area contributed by atoms with Gasteiger partial charge in [-0.3, -0.25) is 0 Å². The quantitative estimate of drug-likeness (QED) is 0.839. The smallest absolute Gasteiger partial charge is 0.207 e. The number of rotatable bonds is 2. The molecule has 2 aromatic rings. The summed E-state index contributed by atoms with van der Waals surface area (Å²) in [4.78, 5) is 0. The Bertz CT molecular complexity index is 637. The number of halogens is 3. The van der Waals surface area contributed by atoms with Crippen LogP contribution in [0.1, 0.15) is 23.9 Å². The molecule has 0 atom stereocenters. The summed E-state index contributed by atoms with van der Waals surface area (Å²) in [6.07, 6.45) is -4.13. The first-order valence-electron chi connectivity index (χ1n) is 5.50. The van der Waals surface area contributed by atoms with Crippen LogP contribution in [0.4, 0.5) is 13.2 Å². The van der Waals surface area contributed by atoms with E-state index in [0.717, 1.165) is 0 Å². The molecule has 0 N–H and O–H groups in total. The van der Waals surface area contributed by atoms with Crippen LogP contribution < -0.4 is 0 Å². The average molecular weight is 266 g/mol. The number of alkyl halides is 3. The van der Waals surface area contributed by atoms with E-state index in [4.69, 9.17) is 5.26 Å². The van der Waals surface area contributed by atoms with Crippen LogP contribution in [-0.2, 0) is 12.6 Å². The average Bonchev–Trinajstić information content (AvgIpc) is 2.82. The largest absolute Gasteiger partial charge is 0.436 e. The predicted octanol–water partition coefficient (Wildman–Crippen LogP) is 2.72. The molecule has 0 aliphatic carbocycles. The Morgan fingerprint density at radius 1 is 1.32 bits per heavy atom. The number of hydrogen-bond acceptors (Lipinski definition) is 3. The number of aromatic nitrogens is 3. The second-order valence-electron chi connectivity index (χ2n) is 3.79. The Kier molecular flexibility index (Phi) is 3.25. The van der Waals surface area contributed by atoms with Gasteiger partial charge in [-0.25, -0.2) is 4.68 Å². The topological polar surface area (TPSA) is 54.5 Å². The highest BCUT2D eigenvalue weighted by Gasteiger charge is 2.40. The zero-order chi connectivity index (χ0) is 14.0. The Hall–Kier alpha value is -2.36. The predicted molar refractivity (Wildman–Crippen MR) is 60.5 cm³/mol. The molecule has 0 radical (unpaired) electrons. The molecule has 1 heterocycles. The summed E-state index contributed by atoms with van der Waals surface area (Å²) in [5.41, 5.74) is -0.886. The van der Waals surface area contributed by atoms with Gasteiger partial charge < -0.3 is 0 Å². The number of nitriles is 1. The van der Waals surface area contributed by atoms with Crippen LogP contribution in [0.25, 0.3) is 5.69 Å². The van der Waals surface area contributed by atoms with E-state index in [0.29, 0.717) is 16.7 Å². The van der Waals surface area contributed by atoms with Crippen molar-refractivity contribution in [2.45, 2.75) is 19.5 Å². The molecule has 2 rings (SSSR count). The monoisotopic (exact) mass is 266 g/mol. The normalized spacial score (nSPS) is 11.3. The molecule has 98 valence electrons. The molecule has 0 aliphatic heterocycles. The molecular weight excluding hydrogens is 257 g/mol. The molecule has 0 saturated heterocycles. The van der Waals surface area contributed by atoms with E-state index in [1.165, 1.54) is 12.1 Å². The van der Waals surface area contributed by atoms with Gasteiger partial charge in [-0.15, -0.1) is 5.10 Å². The molecule has 0 fully saturated rings. The lowest BCUT2D eigenvalue weighted by Crippen LogP contribution is -2.15. The van der Waals surface area contributed by atoms with Gasteiger partial charge in [-0.1, -0.05) is 30.3 Å². The van der Waals surface area contributed by atoms with Crippen molar-refractivity contribution < 1.29 is 13.2 Å². The van der Waals surface area contributed by atoms with Crippen molar-refractivity contribution in [1.82, 2.24) is 15.0 Å². The Balaban J connectivity index is 2.71. The van der Waals surface area contributed by atoms with Crippen LogP contribution in [0.5, 0.6) is 0 Å². The van der Waals surface area contributed by atoms with E-state index < -0.39 is 17.6 Å². The third-order valence-corrected chi connectivity index (χ3v) is 2.65. The zero-order valence-corrected chi connectivity index (χ0v) is 9.94. The molecule has 4 nitrogen and oxygen atoms in total. The maximum Gasteiger partial charge on any atom is 0.436 e. The second kappa shape index (κ2) is 4.72. The molecule has 0 bridgehead atoms. The number of hydrogen-bond donors (Lipinski definition) is 0. The van der Waals surface area contributed by atoms with E-state index in [-0.39, 0.29) is 5.69 Å². The van der Waals surface area contributed by atoms with Crippen molar-refractivity contribution in [2.24, 2.45) is 0 Å². The van der Waals surface area contributed by atoms with Gasteiger partial charge in [0, 0.05) is 0 Å². The van der Waals surface area contributed by atoms with Crippen LogP contribution in [0, 0.1) is 11.3 Å². The maximum absolute atomic E-state index is 13.0. The number of para-hydroxylation sites is 1. The van der Waals surface area contributed by atoms with Crippen LogP contribution in [-0.4, -0.2) is 15.0 Å². The fourth-order valence-corrected chi connectivity index (χ4v) is 1.80. The lowest BCUT2D eigenvalue weighted by molar-refractivity contribution is -0.143. The van der Waals surface area contributed by atoms with Gasteiger partial charge in [-0.2, -0.15) is 18.4 Å². The highest BCUT2D eigenvalue weighted by Crippen LogP contribution is 2.33. The van der Waals surface area contributed by atoms with Crippen molar-refractivity contribution >= 4 is 0 Å². The summed E-state index contributed by atoms with van der Waals surface area (Å²) in [5.74, 6) is 0. The van der Waals surface area contributed by atoms with Gasteiger partial charge in [0.05, 0.1) is 5.69 Å². The molecule has 0 unspecified atom stereocenters. The minimum absolute atomic E-state index is 0.284. The van der Waals surface area contributed by atoms with Crippen molar-refractivity contribution in [3.63, 3.8) is 0 Å². The first kappa shape index (κ1) is 13.1. The summed E-state index contributed by atoms with van der Waals surface area (Å²) in [6.45, 7) is 1.83. The summed E-state index contributed by atoms with van der Waals surface area (Å²) < 4.78 is 39.7. The number of aryl methyl sites for hydroxylation is 1. The van der Waals surface area contributed by atoms with E-state index in [1.54, 1.807) is 18.2 Å². The standard InChI is InChI=1S/C12H9F3N4/c1-2-8-5-3-4-6-10(8)19-11(12(13,14)15)9(7-16)17-18-19/h3-6H,2H2,1H3. The Morgan fingerprint density at radius 3 is 2.58 bits per heavy atom. The van der Waals surface area contributed by atoms with Gasteiger partial charge in [0.15, 0.2) is 11.4 Å². The molecule has 0 saturated carbocycles. The third kappa shape index (κ3) is 2.29. The van der Waals surface area contributed by atoms with E-state index >= 15 is 0 Å². The molecule has 1 aromatic carbocycles. The van der Waals surface area contributed by atoms with E-state index in [2.05, 4.69) is 10.3 Å². The van der Waals surface area contributed by atoms with Crippen LogP contribution in [0.2, 0.25) is 0 Å². The minimum Gasteiger partial charge on any atom is -0.207 e. The number of benzene rings is 1. The highest BCUT2D eigenvalue weighted by atomic mass is 19.4.